The van der Waals surface area contributed by atoms with Gasteiger partial charge in [0.1, 0.15) is 0 Å². The van der Waals surface area contributed by atoms with Crippen molar-refractivity contribution in [1.82, 2.24) is 0 Å². The molecule has 1 atom stereocenters. The van der Waals surface area contributed by atoms with Crippen molar-refractivity contribution in [2.24, 2.45) is 5.73 Å². The molecule has 1 amide bonds. The predicted octanol–water partition coefficient (Wildman–Crippen LogP) is 3.30. The summed E-state index contributed by atoms with van der Waals surface area (Å²) in [5, 5.41) is 3.32. The van der Waals surface area contributed by atoms with Crippen LogP contribution in [0.2, 0.25) is 0 Å². The zero-order valence-electron chi connectivity index (χ0n) is 11.1. The normalized spacial score (nSPS) is 11.9. The number of amides is 1. The molecule has 2 aromatic rings. The van der Waals surface area contributed by atoms with E-state index in [1.54, 1.807) is 12.1 Å². The van der Waals surface area contributed by atoms with E-state index in [1.807, 2.05) is 37.3 Å². The number of hydrogen-bond donors (Lipinski definition) is 3. The lowest BCUT2D eigenvalue weighted by atomic mass is 10.1. The monoisotopic (exact) mass is 333 g/mol. The van der Waals surface area contributed by atoms with Crippen LogP contribution in [0, 0.1) is 0 Å². The van der Waals surface area contributed by atoms with Crippen LogP contribution in [-0.4, -0.2) is 5.91 Å². The van der Waals surface area contributed by atoms with Crippen LogP contribution in [0.1, 0.15) is 28.9 Å². The second-order valence-electron chi connectivity index (χ2n) is 4.58. The molecule has 0 saturated carbocycles. The van der Waals surface area contributed by atoms with Crippen molar-refractivity contribution >= 4 is 33.2 Å². The SMILES string of the molecule is CC(Nc1ccc(N)c(C(N)=O)c1)c1ccc(Br)cc1. The van der Waals surface area contributed by atoms with E-state index in [-0.39, 0.29) is 6.04 Å². The predicted molar refractivity (Wildman–Crippen MR) is 85.6 cm³/mol. The van der Waals surface area contributed by atoms with Crippen LogP contribution in [0.3, 0.4) is 0 Å². The average Bonchev–Trinajstić information content (AvgIpc) is 2.41. The second-order valence-corrected chi connectivity index (χ2v) is 5.50. The molecule has 0 aliphatic carbocycles. The zero-order chi connectivity index (χ0) is 14.7. The quantitative estimate of drug-likeness (QED) is 0.751. The first-order valence-electron chi connectivity index (χ1n) is 6.18. The molecule has 104 valence electrons. The number of anilines is 2. The number of benzene rings is 2. The third-order valence-corrected chi connectivity index (χ3v) is 3.60. The molecule has 2 rings (SSSR count). The fourth-order valence-corrected chi connectivity index (χ4v) is 2.21. The summed E-state index contributed by atoms with van der Waals surface area (Å²) in [5.74, 6) is -0.526. The van der Waals surface area contributed by atoms with Crippen LogP contribution >= 0.6 is 15.9 Å². The van der Waals surface area contributed by atoms with Crippen LogP contribution < -0.4 is 16.8 Å². The Hall–Kier alpha value is -2.01. The van der Waals surface area contributed by atoms with E-state index < -0.39 is 5.91 Å². The number of nitrogens with one attached hydrogen (secondary N) is 1. The highest BCUT2D eigenvalue weighted by atomic mass is 79.9. The van der Waals surface area contributed by atoms with Crippen LogP contribution in [-0.2, 0) is 0 Å². The largest absolute Gasteiger partial charge is 0.398 e. The Balaban J connectivity index is 2.19. The summed E-state index contributed by atoms with van der Waals surface area (Å²) in [4.78, 5) is 11.3. The molecule has 5 heteroatoms. The third-order valence-electron chi connectivity index (χ3n) is 3.07. The van der Waals surface area contributed by atoms with Crippen molar-refractivity contribution in [3.8, 4) is 0 Å². The summed E-state index contributed by atoms with van der Waals surface area (Å²) in [5.41, 5.74) is 13.7. The molecule has 0 fully saturated rings. The fraction of sp³-hybridized carbons (Fsp3) is 0.133. The van der Waals surface area contributed by atoms with Crippen molar-refractivity contribution in [2.75, 3.05) is 11.1 Å². The van der Waals surface area contributed by atoms with Gasteiger partial charge in [-0.2, -0.15) is 0 Å². The smallest absolute Gasteiger partial charge is 0.250 e. The van der Waals surface area contributed by atoms with Crippen LogP contribution in [0.5, 0.6) is 0 Å². The van der Waals surface area contributed by atoms with E-state index in [0.29, 0.717) is 11.3 Å². The van der Waals surface area contributed by atoms with Gasteiger partial charge in [-0.3, -0.25) is 4.79 Å². The van der Waals surface area contributed by atoms with Crippen LogP contribution in [0.15, 0.2) is 46.9 Å². The standard InChI is InChI=1S/C15H16BrN3O/c1-9(10-2-4-11(16)5-3-10)19-12-6-7-14(17)13(8-12)15(18)20/h2-9,19H,17H2,1H3,(H2,18,20). The second kappa shape index (κ2) is 5.96. The fourth-order valence-electron chi connectivity index (χ4n) is 1.94. The lowest BCUT2D eigenvalue weighted by molar-refractivity contribution is 0.100. The summed E-state index contributed by atoms with van der Waals surface area (Å²) >= 11 is 3.41. The number of carbonyl (C=O) groups excluding carboxylic acids is 1. The summed E-state index contributed by atoms with van der Waals surface area (Å²) in [6.07, 6.45) is 0. The molecule has 0 radical (unpaired) electrons. The Labute approximate surface area is 126 Å². The minimum atomic E-state index is -0.526. The summed E-state index contributed by atoms with van der Waals surface area (Å²) in [6, 6.07) is 13.3. The Morgan fingerprint density at radius 1 is 1.20 bits per heavy atom. The van der Waals surface area contributed by atoms with Crippen molar-refractivity contribution < 1.29 is 4.79 Å². The number of nitrogen functional groups attached to an aromatic ring is 1. The Morgan fingerprint density at radius 2 is 1.85 bits per heavy atom. The van der Waals surface area contributed by atoms with Gasteiger partial charge in [0.2, 0.25) is 0 Å². The molecule has 0 aliphatic heterocycles. The van der Waals surface area contributed by atoms with Gasteiger partial charge in [-0.05, 0) is 42.8 Å². The maximum absolute atomic E-state index is 11.3. The molecule has 0 aliphatic rings. The van der Waals surface area contributed by atoms with Gasteiger partial charge >= 0.3 is 0 Å². The zero-order valence-corrected chi connectivity index (χ0v) is 12.6. The van der Waals surface area contributed by atoms with Crippen molar-refractivity contribution in [1.29, 1.82) is 0 Å². The Kier molecular flexibility index (Phi) is 4.29. The van der Waals surface area contributed by atoms with Crippen molar-refractivity contribution in [3.63, 3.8) is 0 Å². The van der Waals surface area contributed by atoms with Crippen molar-refractivity contribution in [2.45, 2.75) is 13.0 Å². The first-order chi connectivity index (χ1) is 9.47. The summed E-state index contributed by atoms with van der Waals surface area (Å²) in [7, 11) is 0. The maximum atomic E-state index is 11.3. The maximum Gasteiger partial charge on any atom is 0.250 e. The van der Waals surface area contributed by atoms with Gasteiger partial charge in [-0.25, -0.2) is 0 Å². The summed E-state index contributed by atoms with van der Waals surface area (Å²) < 4.78 is 1.04. The first kappa shape index (κ1) is 14.4. The highest BCUT2D eigenvalue weighted by Crippen LogP contribution is 2.23. The van der Waals surface area contributed by atoms with Gasteiger partial charge in [0.05, 0.1) is 5.56 Å². The molecule has 2 aromatic carbocycles. The summed E-state index contributed by atoms with van der Waals surface area (Å²) in [6.45, 7) is 2.05. The van der Waals surface area contributed by atoms with Gasteiger partial charge in [0, 0.05) is 21.9 Å². The van der Waals surface area contributed by atoms with Crippen molar-refractivity contribution in [3.05, 3.63) is 58.1 Å². The lowest BCUT2D eigenvalue weighted by Gasteiger charge is -2.16. The van der Waals surface area contributed by atoms with Crippen LogP contribution in [0.25, 0.3) is 0 Å². The molecule has 0 spiro atoms. The van der Waals surface area contributed by atoms with Gasteiger partial charge < -0.3 is 16.8 Å². The van der Waals surface area contributed by atoms with E-state index >= 15 is 0 Å². The van der Waals surface area contributed by atoms with E-state index in [0.717, 1.165) is 15.7 Å². The molecular weight excluding hydrogens is 318 g/mol. The van der Waals surface area contributed by atoms with Gasteiger partial charge in [0.15, 0.2) is 0 Å². The number of rotatable bonds is 4. The minimum Gasteiger partial charge on any atom is -0.398 e. The number of primary amides is 1. The number of hydrogen-bond acceptors (Lipinski definition) is 3. The Bertz CT molecular complexity index is 626. The Morgan fingerprint density at radius 3 is 2.45 bits per heavy atom. The van der Waals surface area contributed by atoms with E-state index in [4.69, 9.17) is 11.5 Å². The molecule has 0 heterocycles. The number of nitrogens with two attached hydrogens (primary N) is 2. The molecule has 1 unspecified atom stereocenters. The average molecular weight is 334 g/mol. The first-order valence-corrected chi connectivity index (χ1v) is 6.98. The van der Waals surface area contributed by atoms with Gasteiger partial charge in [-0.1, -0.05) is 28.1 Å². The molecule has 5 N–H and O–H groups in total. The van der Waals surface area contributed by atoms with Crippen LogP contribution in [0.4, 0.5) is 11.4 Å². The topological polar surface area (TPSA) is 81.1 Å². The molecule has 0 aromatic heterocycles. The van der Waals surface area contributed by atoms with Gasteiger partial charge in [0.25, 0.3) is 5.91 Å². The molecule has 0 bridgehead atoms. The van der Waals surface area contributed by atoms with Gasteiger partial charge in [-0.15, -0.1) is 0 Å². The number of carbonyl (C=O) groups is 1. The van der Waals surface area contributed by atoms with E-state index in [2.05, 4.69) is 21.2 Å². The molecule has 20 heavy (non-hydrogen) atoms. The third kappa shape index (κ3) is 3.30. The minimum absolute atomic E-state index is 0.104. The molecular formula is C15H16BrN3O. The highest BCUT2D eigenvalue weighted by Gasteiger charge is 2.09. The van der Waals surface area contributed by atoms with E-state index in [1.165, 1.54) is 0 Å². The molecule has 0 saturated heterocycles. The van der Waals surface area contributed by atoms with E-state index in [9.17, 15) is 4.79 Å². The molecule has 4 nitrogen and oxygen atoms in total. The lowest BCUT2D eigenvalue weighted by Crippen LogP contribution is -2.14. The number of halogens is 1. The highest BCUT2D eigenvalue weighted by molar-refractivity contribution is 9.10.